The molecule has 54 valence electrons. The predicted octanol–water partition coefficient (Wildman–Crippen LogP) is -0.391. The van der Waals surface area contributed by atoms with Crippen molar-refractivity contribution in [1.82, 2.24) is 5.43 Å². The third-order valence-electron chi connectivity index (χ3n) is 0.156. The molecule has 0 aliphatic carbocycles. The smallest absolute Gasteiger partial charge is 0.200 e. The Bertz CT molecular complexity index is 46.5. The number of rotatable bonds is 0. The summed E-state index contributed by atoms with van der Waals surface area (Å²) in [4.78, 5) is 0. The van der Waals surface area contributed by atoms with Crippen LogP contribution in [0.15, 0.2) is 0 Å². The summed E-state index contributed by atoms with van der Waals surface area (Å²) in [6.45, 7) is 0. The van der Waals surface area contributed by atoms with E-state index in [1.165, 1.54) is 0 Å². The van der Waals surface area contributed by atoms with Crippen molar-refractivity contribution in [3.05, 3.63) is 0 Å². The van der Waals surface area contributed by atoms with Gasteiger partial charge in [0.2, 0.25) is 0 Å². The summed E-state index contributed by atoms with van der Waals surface area (Å²) >= 11 is 0. The fourth-order valence-corrected chi connectivity index (χ4v) is 0. The molecule has 0 unspecified atom stereocenters. The zero-order valence-electron chi connectivity index (χ0n) is 3.88. The Hall–Kier alpha value is 0.1000. The van der Waals surface area contributed by atoms with Crippen LogP contribution in [0.25, 0.3) is 0 Å². The Morgan fingerprint density at radius 3 is 1.38 bits per heavy atom. The van der Waals surface area contributed by atoms with E-state index in [9.17, 15) is 0 Å². The molecule has 7 heteroatoms. The minimum Gasteiger partial charge on any atom is -0.369 e. The van der Waals surface area contributed by atoms with Crippen LogP contribution in [0.3, 0.4) is 0 Å². The molecule has 0 aliphatic rings. The van der Waals surface area contributed by atoms with Gasteiger partial charge in [0.05, 0.1) is 0 Å². The minimum absolute atomic E-state index is 0. The van der Waals surface area contributed by atoms with Crippen molar-refractivity contribution >= 4 is 43.2 Å². The second-order valence-electron chi connectivity index (χ2n) is 0.558. The second kappa shape index (κ2) is 15.7. The van der Waals surface area contributed by atoms with Crippen molar-refractivity contribution in [2.24, 2.45) is 11.6 Å². The van der Waals surface area contributed by atoms with E-state index in [4.69, 9.17) is 5.41 Å². The summed E-state index contributed by atoms with van der Waals surface area (Å²) in [7, 11) is 0. The van der Waals surface area contributed by atoms with Gasteiger partial charge in [-0.25, -0.2) is 5.84 Å². The molecular formula is CH9Cl3N4. The zero-order valence-corrected chi connectivity index (χ0v) is 6.33. The summed E-state index contributed by atoms with van der Waals surface area (Å²) in [6.07, 6.45) is 0. The predicted molar refractivity (Wildman–Crippen MR) is 41.0 cm³/mol. The van der Waals surface area contributed by atoms with Gasteiger partial charge in [0.25, 0.3) is 0 Å². The van der Waals surface area contributed by atoms with Crippen LogP contribution >= 0.6 is 37.2 Å². The third kappa shape index (κ3) is 36.0. The lowest BCUT2D eigenvalue weighted by Gasteiger charge is -1.85. The van der Waals surface area contributed by atoms with E-state index >= 15 is 0 Å². The normalized spacial score (nSPS) is 4.12. The van der Waals surface area contributed by atoms with Crippen LogP contribution in [0.4, 0.5) is 0 Å². The molecule has 0 atom stereocenters. The molecule has 0 bridgehead atoms. The number of halogens is 3. The van der Waals surface area contributed by atoms with Gasteiger partial charge in [0, 0.05) is 0 Å². The first kappa shape index (κ1) is 24.3. The molecule has 0 aromatic rings. The number of hydrogen-bond acceptors (Lipinski definition) is 2. The highest BCUT2D eigenvalue weighted by Crippen LogP contribution is 1.25. The average molecular weight is 183 g/mol. The van der Waals surface area contributed by atoms with Gasteiger partial charge in [-0.05, 0) is 0 Å². The number of guanidine groups is 1. The number of nitrogens with two attached hydrogens (primary N) is 2. The number of hydrogen-bond donors (Lipinski definition) is 4. The molecule has 0 spiro atoms. The molecule has 0 fully saturated rings. The molecule has 8 heavy (non-hydrogen) atoms. The van der Waals surface area contributed by atoms with Crippen molar-refractivity contribution in [2.45, 2.75) is 0 Å². The lowest BCUT2D eigenvalue weighted by Crippen LogP contribution is -2.35. The summed E-state index contributed by atoms with van der Waals surface area (Å²) < 4.78 is 0. The molecule has 0 aromatic heterocycles. The van der Waals surface area contributed by atoms with Crippen molar-refractivity contribution in [2.75, 3.05) is 0 Å². The zero-order chi connectivity index (χ0) is 4.28. The van der Waals surface area contributed by atoms with Gasteiger partial charge < -0.3 is 5.73 Å². The summed E-state index contributed by atoms with van der Waals surface area (Å²) in [6, 6.07) is 0. The van der Waals surface area contributed by atoms with Crippen LogP contribution in [0.5, 0.6) is 0 Å². The Kier molecular flexibility index (Phi) is 47.7. The van der Waals surface area contributed by atoms with Crippen molar-refractivity contribution in [3.8, 4) is 0 Å². The standard InChI is InChI=1S/CH6N4.3ClH/c2-1(3)5-4;;;/h4H2,(H4,2,3,5);3*1H. The third-order valence-corrected chi connectivity index (χ3v) is 0.156. The lowest BCUT2D eigenvalue weighted by atomic mass is 11.1. The first-order valence-electron chi connectivity index (χ1n) is 1.08. The van der Waals surface area contributed by atoms with E-state index in [1.807, 2.05) is 5.43 Å². The van der Waals surface area contributed by atoms with Crippen LogP contribution < -0.4 is 17.0 Å². The largest absolute Gasteiger partial charge is 0.369 e. The first-order valence-corrected chi connectivity index (χ1v) is 1.08. The molecule has 0 aromatic carbocycles. The van der Waals surface area contributed by atoms with Crippen LogP contribution in [0.2, 0.25) is 0 Å². The summed E-state index contributed by atoms with van der Waals surface area (Å²) in [5.41, 5.74) is 6.53. The topological polar surface area (TPSA) is 87.9 Å². The fraction of sp³-hybridized carbons (Fsp3) is 0. The SMILES string of the molecule is Cl.Cl.Cl.N=C(N)NN. The van der Waals surface area contributed by atoms with Crippen LogP contribution in [0.1, 0.15) is 0 Å². The highest BCUT2D eigenvalue weighted by atomic mass is 35.5. The van der Waals surface area contributed by atoms with Gasteiger partial charge >= 0.3 is 0 Å². The van der Waals surface area contributed by atoms with Crippen molar-refractivity contribution in [1.29, 1.82) is 5.41 Å². The van der Waals surface area contributed by atoms with Gasteiger partial charge in [-0.2, -0.15) is 0 Å². The van der Waals surface area contributed by atoms with E-state index < -0.39 is 0 Å². The Morgan fingerprint density at radius 2 is 1.38 bits per heavy atom. The molecule has 0 radical (unpaired) electrons. The summed E-state index contributed by atoms with van der Waals surface area (Å²) in [5.74, 6) is 4.35. The van der Waals surface area contributed by atoms with Gasteiger partial charge in [-0.3, -0.25) is 10.8 Å². The maximum Gasteiger partial charge on any atom is 0.200 e. The van der Waals surface area contributed by atoms with Gasteiger partial charge in [0.1, 0.15) is 0 Å². The Morgan fingerprint density at radius 1 is 1.25 bits per heavy atom. The van der Waals surface area contributed by atoms with Gasteiger partial charge in [-0.1, -0.05) is 0 Å². The molecule has 0 saturated heterocycles. The monoisotopic (exact) mass is 182 g/mol. The summed E-state index contributed by atoms with van der Waals surface area (Å²) in [5, 5.41) is 6.28. The molecule has 0 aliphatic heterocycles. The maximum atomic E-state index is 6.28. The molecule has 0 heterocycles. The van der Waals surface area contributed by atoms with Crippen LogP contribution in [0, 0.1) is 5.41 Å². The quantitative estimate of drug-likeness (QED) is 0.178. The van der Waals surface area contributed by atoms with E-state index in [-0.39, 0.29) is 43.2 Å². The average Bonchev–Trinajstić information content (AvgIpc) is 1.38. The molecule has 0 rings (SSSR count). The molecule has 0 saturated carbocycles. The highest BCUT2D eigenvalue weighted by Gasteiger charge is 1.66. The van der Waals surface area contributed by atoms with Crippen molar-refractivity contribution in [3.63, 3.8) is 0 Å². The maximum absolute atomic E-state index is 6.28. The van der Waals surface area contributed by atoms with E-state index in [0.717, 1.165) is 0 Å². The first-order chi connectivity index (χ1) is 2.27. The molecular weight excluding hydrogens is 174 g/mol. The van der Waals surface area contributed by atoms with Crippen LogP contribution in [-0.2, 0) is 0 Å². The number of nitrogens with one attached hydrogen (secondary N) is 2. The molecule has 4 nitrogen and oxygen atoms in total. The minimum atomic E-state index is -0.218. The lowest BCUT2D eigenvalue weighted by molar-refractivity contribution is 0.995. The van der Waals surface area contributed by atoms with E-state index in [2.05, 4.69) is 11.6 Å². The highest BCUT2D eigenvalue weighted by molar-refractivity contribution is 5.86. The van der Waals surface area contributed by atoms with E-state index in [0.29, 0.717) is 0 Å². The fourth-order valence-electron chi connectivity index (χ4n) is 0. The van der Waals surface area contributed by atoms with Gasteiger partial charge in [0.15, 0.2) is 5.96 Å². The second-order valence-corrected chi connectivity index (χ2v) is 0.558. The molecule has 0 amide bonds. The van der Waals surface area contributed by atoms with Gasteiger partial charge in [-0.15, -0.1) is 37.2 Å². The van der Waals surface area contributed by atoms with Crippen LogP contribution in [-0.4, -0.2) is 5.96 Å². The van der Waals surface area contributed by atoms with Crippen molar-refractivity contribution < 1.29 is 0 Å². The Balaban J connectivity index is -0.0000000267. The molecule has 6 N–H and O–H groups in total. The Labute approximate surface area is 66.1 Å². The van der Waals surface area contributed by atoms with E-state index in [1.54, 1.807) is 0 Å². The number of hydrazine groups is 1.